The Balaban J connectivity index is 2.33. The van der Waals surface area contributed by atoms with Crippen LogP contribution in [0.1, 0.15) is 45.1 Å². The van der Waals surface area contributed by atoms with Crippen LogP contribution in [0.5, 0.6) is 5.75 Å². The van der Waals surface area contributed by atoms with Gasteiger partial charge in [0.05, 0.1) is 13.2 Å². The topological polar surface area (TPSA) is 35.5 Å². The maximum atomic E-state index is 11.1. The molecule has 0 bridgehead atoms. The van der Waals surface area contributed by atoms with Crippen molar-refractivity contribution >= 4 is 12.0 Å². The molecule has 1 rings (SSSR count). The number of carbonyl (C=O) groups is 1. The molecule has 0 unspecified atom stereocenters. The molecule has 0 saturated carbocycles. The van der Waals surface area contributed by atoms with Crippen LogP contribution in [-0.2, 0) is 9.53 Å². The van der Waals surface area contributed by atoms with E-state index in [-0.39, 0.29) is 5.97 Å². The van der Waals surface area contributed by atoms with Crippen LogP contribution >= 0.6 is 0 Å². The highest BCUT2D eigenvalue weighted by Crippen LogP contribution is 2.14. The van der Waals surface area contributed by atoms with Gasteiger partial charge in [-0.3, -0.25) is 0 Å². The number of carbonyl (C=O) groups excluding carboxylic acids is 1. The largest absolute Gasteiger partial charge is 0.494 e. The Kier molecular flexibility index (Phi) is 9.51. The molecule has 3 heteroatoms. The van der Waals surface area contributed by atoms with E-state index in [4.69, 9.17) is 9.47 Å². The lowest BCUT2D eigenvalue weighted by atomic mass is 10.2. The molecule has 0 amide bonds. The van der Waals surface area contributed by atoms with Gasteiger partial charge in [-0.1, -0.05) is 56.5 Å². The summed E-state index contributed by atoms with van der Waals surface area (Å²) in [4.78, 5) is 11.1. The van der Waals surface area contributed by atoms with E-state index in [1.807, 2.05) is 36.4 Å². The Hall–Kier alpha value is -2.03. The fourth-order valence-electron chi connectivity index (χ4n) is 1.89. The molecule has 0 spiro atoms. The molecule has 0 heterocycles. The van der Waals surface area contributed by atoms with Crippen molar-refractivity contribution in [3.8, 4) is 5.75 Å². The van der Waals surface area contributed by atoms with Gasteiger partial charge < -0.3 is 9.47 Å². The normalized spacial score (nSPS) is 11.2. The predicted molar refractivity (Wildman–Crippen MR) is 90.9 cm³/mol. The maximum Gasteiger partial charge on any atom is 0.330 e. The quantitative estimate of drug-likeness (QED) is 0.270. The van der Waals surface area contributed by atoms with E-state index >= 15 is 0 Å². The molecular weight excluding hydrogens is 276 g/mol. The van der Waals surface area contributed by atoms with Gasteiger partial charge in [-0.2, -0.15) is 0 Å². The minimum atomic E-state index is -0.320. The Labute approximate surface area is 133 Å². The molecule has 3 nitrogen and oxygen atoms in total. The van der Waals surface area contributed by atoms with Gasteiger partial charge in [0, 0.05) is 6.08 Å². The zero-order chi connectivity index (χ0) is 16.0. The van der Waals surface area contributed by atoms with Crippen LogP contribution < -0.4 is 4.74 Å². The van der Waals surface area contributed by atoms with E-state index in [1.165, 1.54) is 25.3 Å². The molecule has 1 aromatic rings. The molecule has 22 heavy (non-hydrogen) atoms. The summed E-state index contributed by atoms with van der Waals surface area (Å²) in [7, 11) is 0. The summed E-state index contributed by atoms with van der Waals surface area (Å²) in [6, 6.07) is 7.93. The third-order valence-corrected chi connectivity index (χ3v) is 3.07. The van der Waals surface area contributed by atoms with E-state index in [9.17, 15) is 4.79 Å². The molecule has 0 saturated heterocycles. The second-order valence-electron chi connectivity index (χ2n) is 4.95. The summed E-state index contributed by atoms with van der Waals surface area (Å²) in [5, 5.41) is 0. The molecule has 1 aromatic carbocycles. The number of esters is 1. The zero-order valence-electron chi connectivity index (χ0n) is 13.6. The Morgan fingerprint density at radius 2 is 1.82 bits per heavy atom. The van der Waals surface area contributed by atoms with Crippen molar-refractivity contribution < 1.29 is 14.3 Å². The van der Waals surface area contributed by atoms with Gasteiger partial charge >= 0.3 is 5.97 Å². The van der Waals surface area contributed by atoms with Crippen LogP contribution in [0.25, 0.3) is 6.08 Å². The van der Waals surface area contributed by atoms with Gasteiger partial charge in [-0.05, 0) is 31.0 Å². The monoisotopic (exact) mass is 302 g/mol. The SMILES string of the molecule is CCCCCCOc1ccc(/C=C/C=C/C(=O)OCC)cc1. The van der Waals surface area contributed by atoms with E-state index in [2.05, 4.69) is 6.92 Å². The molecule has 0 fully saturated rings. The summed E-state index contributed by atoms with van der Waals surface area (Å²) in [6.45, 7) is 5.16. The van der Waals surface area contributed by atoms with Crippen LogP contribution in [0.15, 0.2) is 42.5 Å². The van der Waals surface area contributed by atoms with E-state index in [0.29, 0.717) is 6.61 Å². The van der Waals surface area contributed by atoms with Crippen molar-refractivity contribution in [2.24, 2.45) is 0 Å². The second kappa shape index (κ2) is 11.6. The molecule has 120 valence electrons. The zero-order valence-corrected chi connectivity index (χ0v) is 13.6. The molecule has 0 N–H and O–H groups in total. The van der Waals surface area contributed by atoms with Crippen molar-refractivity contribution in [3.05, 3.63) is 48.1 Å². The lowest BCUT2D eigenvalue weighted by Gasteiger charge is -2.05. The van der Waals surface area contributed by atoms with E-state index in [0.717, 1.165) is 24.3 Å². The summed E-state index contributed by atoms with van der Waals surface area (Å²) in [5.41, 5.74) is 1.06. The summed E-state index contributed by atoms with van der Waals surface area (Å²) < 4.78 is 10.5. The number of unbranched alkanes of at least 4 members (excludes halogenated alkanes) is 3. The molecule has 0 radical (unpaired) electrons. The summed E-state index contributed by atoms with van der Waals surface area (Å²) in [5.74, 6) is 0.578. The highest BCUT2D eigenvalue weighted by molar-refractivity contribution is 5.82. The first-order valence-electron chi connectivity index (χ1n) is 8.00. The molecule has 0 aliphatic heterocycles. The van der Waals surface area contributed by atoms with E-state index in [1.54, 1.807) is 13.0 Å². The first kappa shape index (κ1) is 18.0. The smallest absolute Gasteiger partial charge is 0.330 e. The van der Waals surface area contributed by atoms with Crippen LogP contribution in [0.2, 0.25) is 0 Å². The Morgan fingerprint density at radius 1 is 1.05 bits per heavy atom. The van der Waals surface area contributed by atoms with Gasteiger partial charge in [0.1, 0.15) is 5.75 Å². The van der Waals surface area contributed by atoms with Crippen molar-refractivity contribution in [3.63, 3.8) is 0 Å². The van der Waals surface area contributed by atoms with Gasteiger partial charge in [-0.15, -0.1) is 0 Å². The third kappa shape index (κ3) is 8.30. The highest BCUT2D eigenvalue weighted by atomic mass is 16.5. The molecule has 0 aliphatic carbocycles. The van der Waals surface area contributed by atoms with Gasteiger partial charge in [-0.25, -0.2) is 4.79 Å². The van der Waals surface area contributed by atoms with E-state index < -0.39 is 0 Å². The molecular formula is C19H26O3. The lowest BCUT2D eigenvalue weighted by Crippen LogP contribution is -1.98. The Morgan fingerprint density at radius 3 is 2.50 bits per heavy atom. The maximum absolute atomic E-state index is 11.1. The average Bonchev–Trinajstić information content (AvgIpc) is 2.53. The highest BCUT2D eigenvalue weighted by Gasteiger charge is 1.94. The number of ether oxygens (including phenoxy) is 2. The number of allylic oxidation sites excluding steroid dienone is 2. The fourth-order valence-corrected chi connectivity index (χ4v) is 1.89. The van der Waals surface area contributed by atoms with Crippen LogP contribution in [0, 0.1) is 0 Å². The average molecular weight is 302 g/mol. The Bertz CT molecular complexity index is 472. The van der Waals surface area contributed by atoms with Gasteiger partial charge in [0.2, 0.25) is 0 Å². The van der Waals surface area contributed by atoms with Crippen LogP contribution in [-0.4, -0.2) is 19.2 Å². The minimum absolute atomic E-state index is 0.320. The van der Waals surface area contributed by atoms with Crippen LogP contribution in [0.3, 0.4) is 0 Å². The third-order valence-electron chi connectivity index (χ3n) is 3.07. The number of benzene rings is 1. The van der Waals surface area contributed by atoms with Crippen molar-refractivity contribution in [1.29, 1.82) is 0 Å². The van der Waals surface area contributed by atoms with Crippen LogP contribution in [0.4, 0.5) is 0 Å². The summed E-state index contributed by atoms with van der Waals surface area (Å²) in [6.07, 6.45) is 11.7. The number of hydrogen-bond acceptors (Lipinski definition) is 3. The molecule has 0 aromatic heterocycles. The van der Waals surface area contributed by atoms with Crippen molar-refractivity contribution in [2.45, 2.75) is 39.5 Å². The predicted octanol–water partition coefficient (Wildman–Crippen LogP) is 4.78. The van der Waals surface area contributed by atoms with Crippen molar-refractivity contribution in [2.75, 3.05) is 13.2 Å². The van der Waals surface area contributed by atoms with Gasteiger partial charge in [0.15, 0.2) is 0 Å². The number of rotatable bonds is 10. The first-order valence-corrected chi connectivity index (χ1v) is 8.00. The van der Waals surface area contributed by atoms with Gasteiger partial charge in [0.25, 0.3) is 0 Å². The summed E-state index contributed by atoms with van der Waals surface area (Å²) >= 11 is 0. The fraction of sp³-hybridized carbons (Fsp3) is 0.421. The lowest BCUT2D eigenvalue weighted by molar-refractivity contribution is -0.137. The first-order chi connectivity index (χ1) is 10.8. The second-order valence-corrected chi connectivity index (χ2v) is 4.95. The standard InChI is InChI=1S/C19H26O3/c1-3-5-6-9-16-22-18-14-12-17(13-15-18)10-7-8-11-19(20)21-4-2/h7-8,10-15H,3-6,9,16H2,1-2H3/b10-7+,11-8+. The molecule has 0 aliphatic rings. The van der Waals surface area contributed by atoms with Crippen molar-refractivity contribution in [1.82, 2.24) is 0 Å². The minimum Gasteiger partial charge on any atom is -0.494 e. The molecule has 0 atom stereocenters. The number of hydrogen-bond donors (Lipinski definition) is 0.